The lowest BCUT2D eigenvalue weighted by atomic mass is 10.0. The molecule has 1 aliphatic rings. The predicted octanol–water partition coefficient (Wildman–Crippen LogP) is 4.56. The van der Waals surface area contributed by atoms with E-state index in [-0.39, 0.29) is 18.0 Å². The minimum absolute atomic E-state index is 0.144. The smallest absolute Gasteiger partial charge is 0.125 e. The van der Waals surface area contributed by atoms with Crippen molar-refractivity contribution in [1.29, 1.82) is 0 Å². The van der Waals surface area contributed by atoms with Crippen LogP contribution in [0.5, 0.6) is 0 Å². The number of halogens is 1. The van der Waals surface area contributed by atoms with Crippen molar-refractivity contribution >= 4 is 5.69 Å². The third kappa shape index (κ3) is 4.70. The second-order valence-electron chi connectivity index (χ2n) is 6.25. The van der Waals surface area contributed by atoms with Gasteiger partial charge in [0.05, 0.1) is 12.2 Å². The highest BCUT2D eigenvalue weighted by Crippen LogP contribution is 2.27. The molecule has 0 radical (unpaired) electrons. The fourth-order valence-corrected chi connectivity index (χ4v) is 3.16. The van der Waals surface area contributed by atoms with Crippen LogP contribution in [-0.4, -0.2) is 25.3 Å². The number of nitrogens with zero attached hydrogens (tertiary/aromatic N) is 1. The average molecular weight is 293 g/mol. The highest BCUT2D eigenvalue weighted by Gasteiger charge is 2.24. The molecule has 3 heteroatoms. The second kappa shape index (κ2) is 7.79. The topological polar surface area (TPSA) is 12.5 Å². The van der Waals surface area contributed by atoms with Crippen LogP contribution in [0.3, 0.4) is 0 Å². The summed E-state index contributed by atoms with van der Waals surface area (Å²) in [6.07, 6.45) is 6.40. The van der Waals surface area contributed by atoms with Gasteiger partial charge in [-0.25, -0.2) is 4.39 Å². The summed E-state index contributed by atoms with van der Waals surface area (Å²) >= 11 is 0. The van der Waals surface area contributed by atoms with Crippen molar-refractivity contribution in [3.05, 3.63) is 29.6 Å². The zero-order valence-electron chi connectivity index (χ0n) is 13.6. The quantitative estimate of drug-likeness (QED) is 0.713. The van der Waals surface area contributed by atoms with Crippen LogP contribution in [0, 0.1) is 5.82 Å². The van der Waals surface area contributed by atoms with E-state index in [1.54, 1.807) is 12.1 Å². The maximum Gasteiger partial charge on any atom is 0.125 e. The summed E-state index contributed by atoms with van der Waals surface area (Å²) in [7, 11) is 0. The summed E-state index contributed by atoms with van der Waals surface area (Å²) < 4.78 is 19.5. The van der Waals surface area contributed by atoms with E-state index in [1.165, 1.54) is 31.2 Å². The van der Waals surface area contributed by atoms with Gasteiger partial charge in [0.1, 0.15) is 5.82 Å². The van der Waals surface area contributed by atoms with Gasteiger partial charge in [-0.3, -0.25) is 0 Å². The summed E-state index contributed by atoms with van der Waals surface area (Å²) in [5.74, 6) is -0.144. The number of hydrogen-bond donors (Lipinski definition) is 0. The molecule has 1 aliphatic heterocycles. The van der Waals surface area contributed by atoms with Crippen LogP contribution in [0.4, 0.5) is 10.1 Å². The molecule has 0 amide bonds. The van der Waals surface area contributed by atoms with E-state index in [1.807, 2.05) is 6.07 Å². The zero-order valence-corrected chi connectivity index (χ0v) is 13.6. The Kier molecular flexibility index (Phi) is 6.04. The van der Waals surface area contributed by atoms with Crippen LogP contribution in [-0.2, 0) is 11.2 Å². The molecular formula is C18H28FNO. The van der Waals surface area contributed by atoms with Gasteiger partial charge in [-0.1, -0.05) is 32.3 Å². The number of morpholine rings is 1. The number of rotatable bonds is 6. The van der Waals surface area contributed by atoms with E-state index in [0.29, 0.717) is 0 Å². The number of ether oxygens (including phenoxy) is 1. The molecule has 1 fully saturated rings. The minimum Gasteiger partial charge on any atom is -0.372 e. The SMILES string of the molecule is CCCCCCc1ccc(F)cc1N1C[C@@H](C)O[C@@H](C)C1. The van der Waals surface area contributed by atoms with Gasteiger partial charge in [0.2, 0.25) is 0 Å². The van der Waals surface area contributed by atoms with E-state index in [2.05, 4.69) is 25.7 Å². The number of hydrogen-bond acceptors (Lipinski definition) is 2. The van der Waals surface area contributed by atoms with Crippen molar-refractivity contribution in [2.75, 3.05) is 18.0 Å². The van der Waals surface area contributed by atoms with Crippen LogP contribution in [0.2, 0.25) is 0 Å². The van der Waals surface area contributed by atoms with Crippen LogP contribution < -0.4 is 4.90 Å². The summed E-state index contributed by atoms with van der Waals surface area (Å²) in [5.41, 5.74) is 2.34. The summed E-state index contributed by atoms with van der Waals surface area (Å²) in [6, 6.07) is 5.24. The van der Waals surface area contributed by atoms with Crippen LogP contribution >= 0.6 is 0 Å². The Hall–Kier alpha value is -1.09. The molecule has 1 heterocycles. The standard InChI is InChI=1S/C18H28FNO/c1-4-5-6-7-8-16-9-10-17(19)11-18(16)20-12-14(2)21-15(3)13-20/h9-11,14-15H,4-8,12-13H2,1-3H3/t14-,15+. The fraction of sp³-hybridized carbons (Fsp3) is 0.667. The molecular weight excluding hydrogens is 265 g/mol. The third-order valence-corrected chi connectivity index (χ3v) is 4.11. The Bertz CT molecular complexity index is 439. The van der Waals surface area contributed by atoms with Gasteiger partial charge in [0, 0.05) is 18.8 Å². The van der Waals surface area contributed by atoms with Crippen molar-refractivity contribution in [2.45, 2.75) is 65.1 Å². The molecule has 1 saturated heterocycles. The lowest BCUT2D eigenvalue weighted by Gasteiger charge is -2.38. The van der Waals surface area contributed by atoms with Crippen molar-refractivity contribution in [1.82, 2.24) is 0 Å². The molecule has 21 heavy (non-hydrogen) atoms. The molecule has 0 saturated carbocycles. The Morgan fingerprint density at radius 3 is 2.52 bits per heavy atom. The molecule has 1 aromatic rings. The summed E-state index contributed by atoms with van der Waals surface area (Å²) in [6.45, 7) is 8.08. The largest absolute Gasteiger partial charge is 0.372 e. The first-order chi connectivity index (χ1) is 10.1. The normalized spacial score (nSPS) is 22.6. The lowest BCUT2D eigenvalue weighted by Crippen LogP contribution is -2.45. The molecule has 0 aliphatic carbocycles. The molecule has 0 aromatic heterocycles. The van der Waals surface area contributed by atoms with Gasteiger partial charge in [0.15, 0.2) is 0 Å². The molecule has 0 unspecified atom stereocenters. The van der Waals surface area contributed by atoms with Crippen molar-refractivity contribution in [3.63, 3.8) is 0 Å². The van der Waals surface area contributed by atoms with Gasteiger partial charge < -0.3 is 9.64 Å². The van der Waals surface area contributed by atoms with Crippen molar-refractivity contribution in [2.24, 2.45) is 0 Å². The van der Waals surface area contributed by atoms with Crippen LogP contribution in [0.15, 0.2) is 18.2 Å². The number of unbranched alkanes of at least 4 members (excludes halogenated alkanes) is 3. The zero-order chi connectivity index (χ0) is 15.2. The molecule has 0 bridgehead atoms. The molecule has 2 atom stereocenters. The second-order valence-corrected chi connectivity index (χ2v) is 6.25. The number of aryl methyl sites for hydroxylation is 1. The van der Waals surface area contributed by atoms with Gasteiger partial charge in [-0.05, 0) is 44.4 Å². The minimum atomic E-state index is -0.144. The third-order valence-electron chi connectivity index (χ3n) is 4.11. The maximum absolute atomic E-state index is 13.7. The first kappa shape index (κ1) is 16.3. The van der Waals surface area contributed by atoms with Gasteiger partial charge >= 0.3 is 0 Å². The van der Waals surface area contributed by atoms with Crippen LogP contribution in [0.1, 0.15) is 52.0 Å². The first-order valence-corrected chi connectivity index (χ1v) is 8.29. The number of benzene rings is 1. The first-order valence-electron chi connectivity index (χ1n) is 8.29. The van der Waals surface area contributed by atoms with Gasteiger partial charge in [-0.15, -0.1) is 0 Å². The molecule has 0 spiro atoms. The number of anilines is 1. The van der Waals surface area contributed by atoms with Crippen LogP contribution in [0.25, 0.3) is 0 Å². The van der Waals surface area contributed by atoms with Crippen molar-refractivity contribution in [3.8, 4) is 0 Å². The lowest BCUT2D eigenvalue weighted by molar-refractivity contribution is -0.00527. The molecule has 2 nitrogen and oxygen atoms in total. The molecule has 2 rings (SSSR count). The summed E-state index contributed by atoms with van der Waals surface area (Å²) in [4.78, 5) is 2.29. The van der Waals surface area contributed by atoms with E-state index in [0.717, 1.165) is 25.2 Å². The molecule has 118 valence electrons. The van der Waals surface area contributed by atoms with Gasteiger partial charge in [-0.2, -0.15) is 0 Å². The van der Waals surface area contributed by atoms with Crippen molar-refractivity contribution < 1.29 is 9.13 Å². The average Bonchev–Trinajstić information content (AvgIpc) is 2.44. The van der Waals surface area contributed by atoms with E-state index in [9.17, 15) is 4.39 Å². The molecule has 1 aromatic carbocycles. The van der Waals surface area contributed by atoms with E-state index >= 15 is 0 Å². The monoisotopic (exact) mass is 293 g/mol. The highest BCUT2D eigenvalue weighted by molar-refractivity contribution is 5.54. The Morgan fingerprint density at radius 2 is 1.86 bits per heavy atom. The predicted molar refractivity (Wildman–Crippen MR) is 86.5 cm³/mol. The Morgan fingerprint density at radius 1 is 1.14 bits per heavy atom. The van der Waals surface area contributed by atoms with E-state index in [4.69, 9.17) is 4.74 Å². The fourth-order valence-electron chi connectivity index (χ4n) is 3.16. The summed E-state index contributed by atoms with van der Waals surface area (Å²) in [5, 5.41) is 0. The Balaban J connectivity index is 2.10. The van der Waals surface area contributed by atoms with E-state index < -0.39 is 0 Å². The molecule has 0 N–H and O–H groups in total. The highest BCUT2D eigenvalue weighted by atomic mass is 19.1. The maximum atomic E-state index is 13.7. The van der Waals surface area contributed by atoms with Gasteiger partial charge in [0.25, 0.3) is 0 Å². The Labute approximate surface area is 128 Å².